The highest BCUT2D eigenvalue weighted by atomic mass is 16.5. The third-order valence-electron chi connectivity index (χ3n) is 5.19. The van der Waals surface area contributed by atoms with Crippen molar-refractivity contribution >= 4 is 11.8 Å². The number of hydrogen-bond acceptors (Lipinski definition) is 3. The molecule has 0 unspecified atom stereocenters. The van der Waals surface area contributed by atoms with Gasteiger partial charge in [-0.25, -0.2) is 0 Å². The highest BCUT2D eigenvalue weighted by Crippen LogP contribution is 2.43. The number of ether oxygens (including phenoxy) is 1. The van der Waals surface area contributed by atoms with Crippen LogP contribution in [0.2, 0.25) is 0 Å². The van der Waals surface area contributed by atoms with Crippen molar-refractivity contribution < 1.29 is 14.3 Å². The van der Waals surface area contributed by atoms with E-state index in [1.165, 1.54) is 10.5 Å². The van der Waals surface area contributed by atoms with E-state index < -0.39 is 11.8 Å². The lowest BCUT2D eigenvalue weighted by molar-refractivity contribution is -0.161. The number of carbonyl (C=O) groups excluding carboxylic acids is 2. The Morgan fingerprint density at radius 2 is 1.76 bits per heavy atom. The molecule has 4 rings (SSSR count). The standard InChI is InChI=1S/C20H20N2O3/c1-21-12-18-16-9-8-15(25-2)10-14(16)11-17(13-6-4-3-5-7-13)22(18)20(24)19(21)23/h3-10,17-18H,11-12H2,1-2H3/t17-,18+/m0/s1. The number of rotatable bonds is 2. The number of piperazine rings is 1. The fourth-order valence-corrected chi connectivity index (χ4v) is 3.92. The van der Waals surface area contributed by atoms with Crippen molar-refractivity contribution in [2.45, 2.75) is 18.5 Å². The van der Waals surface area contributed by atoms with E-state index in [0.29, 0.717) is 13.0 Å². The van der Waals surface area contributed by atoms with Crippen LogP contribution < -0.4 is 4.74 Å². The van der Waals surface area contributed by atoms with E-state index in [1.54, 1.807) is 19.1 Å². The SMILES string of the molecule is COc1ccc2c(c1)C[C@@H](c1ccccc1)N1C(=O)C(=O)N(C)C[C@H]21. The zero-order valence-corrected chi connectivity index (χ0v) is 14.3. The first-order chi connectivity index (χ1) is 12.1. The molecule has 2 amide bonds. The molecule has 1 fully saturated rings. The highest BCUT2D eigenvalue weighted by Gasteiger charge is 2.45. The van der Waals surface area contributed by atoms with Crippen LogP contribution in [0.1, 0.15) is 28.8 Å². The molecule has 2 aromatic carbocycles. The molecule has 0 spiro atoms. The Labute approximate surface area is 146 Å². The summed E-state index contributed by atoms with van der Waals surface area (Å²) in [7, 11) is 3.34. The number of nitrogens with zero attached hydrogens (tertiary/aromatic N) is 2. The number of methoxy groups -OCH3 is 1. The van der Waals surface area contributed by atoms with E-state index in [0.717, 1.165) is 16.9 Å². The molecule has 2 aromatic rings. The zero-order chi connectivity index (χ0) is 17.6. The van der Waals surface area contributed by atoms with E-state index in [2.05, 4.69) is 0 Å². The van der Waals surface area contributed by atoms with Gasteiger partial charge in [-0.2, -0.15) is 0 Å². The van der Waals surface area contributed by atoms with Crippen LogP contribution in [0, 0.1) is 0 Å². The zero-order valence-electron chi connectivity index (χ0n) is 14.3. The molecule has 2 heterocycles. The molecule has 0 N–H and O–H groups in total. The van der Waals surface area contributed by atoms with Crippen LogP contribution in [-0.2, 0) is 16.0 Å². The molecule has 2 atom stereocenters. The maximum atomic E-state index is 12.8. The average Bonchev–Trinajstić information content (AvgIpc) is 2.65. The lowest BCUT2D eigenvalue weighted by Gasteiger charge is -2.47. The average molecular weight is 336 g/mol. The monoisotopic (exact) mass is 336 g/mol. The first-order valence-corrected chi connectivity index (χ1v) is 8.39. The van der Waals surface area contributed by atoms with Crippen molar-refractivity contribution in [3.63, 3.8) is 0 Å². The first-order valence-electron chi connectivity index (χ1n) is 8.39. The number of carbonyl (C=O) groups is 2. The van der Waals surface area contributed by atoms with Crippen LogP contribution in [0.15, 0.2) is 48.5 Å². The predicted octanol–water partition coefficient (Wildman–Crippen LogP) is 2.33. The molecule has 25 heavy (non-hydrogen) atoms. The molecule has 5 nitrogen and oxygen atoms in total. The normalized spacial score (nSPS) is 22.5. The summed E-state index contributed by atoms with van der Waals surface area (Å²) in [6.07, 6.45) is 0.676. The molecule has 0 aliphatic carbocycles. The van der Waals surface area contributed by atoms with E-state index in [4.69, 9.17) is 4.74 Å². The van der Waals surface area contributed by atoms with E-state index in [-0.39, 0.29) is 12.1 Å². The lowest BCUT2D eigenvalue weighted by Crippen LogP contribution is -2.57. The molecule has 2 aliphatic rings. The van der Waals surface area contributed by atoms with E-state index in [1.807, 2.05) is 48.5 Å². The Kier molecular flexibility index (Phi) is 3.71. The van der Waals surface area contributed by atoms with E-state index in [9.17, 15) is 9.59 Å². The fourth-order valence-electron chi connectivity index (χ4n) is 3.92. The van der Waals surface area contributed by atoms with Crippen molar-refractivity contribution in [3.05, 3.63) is 65.2 Å². The van der Waals surface area contributed by atoms with Crippen LogP contribution in [0.3, 0.4) is 0 Å². The molecule has 0 radical (unpaired) electrons. The minimum atomic E-state index is -0.436. The number of likely N-dealkylation sites (N-methyl/N-ethyl adjacent to an activating group) is 1. The third-order valence-corrected chi connectivity index (χ3v) is 5.19. The Balaban J connectivity index is 1.85. The summed E-state index contributed by atoms with van der Waals surface area (Å²) in [4.78, 5) is 28.4. The minimum absolute atomic E-state index is 0.130. The van der Waals surface area contributed by atoms with Gasteiger partial charge in [-0.1, -0.05) is 36.4 Å². The number of hydrogen-bond donors (Lipinski definition) is 0. The predicted molar refractivity (Wildman–Crippen MR) is 93.1 cm³/mol. The van der Waals surface area contributed by atoms with E-state index >= 15 is 0 Å². The fraction of sp³-hybridized carbons (Fsp3) is 0.300. The second kappa shape index (κ2) is 5.92. The highest BCUT2D eigenvalue weighted by molar-refractivity contribution is 6.35. The number of amides is 2. The van der Waals surface area contributed by atoms with Crippen molar-refractivity contribution in [3.8, 4) is 5.75 Å². The Bertz CT molecular complexity index is 834. The second-order valence-corrected chi connectivity index (χ2v) is 6.61. The first kappa shape index (κ1) is 15.7. The maximum Gasteiger partial charge on any atom is 0.313 e. The van der Waals surface area contributed by atoms with Gasteiger partial charge in [-0.15, -0.1) is 0 Å². The van der Waals surface area contributed by atoms with Crippen molar-refractivity contribution in [1.29, 1.82) is 0 Å². The van der Waals surface area contributed by atoms with Gasteiger partial charge in [-0.05, 0) is 35.2 Å². The minimum Gasteiger partial charge on any atom is -0.497 e. The lowest BCUT2D eigenvalue weighted by atomic mass is 9.83. The van der Waals surface area contributed by atoms with Crippen LogP contribution in [0.5, 0.6) is 5.75 Å². The van der Waals surface area contributed by atoms with Gasteiger partial charge in [0, 0.05) is 13.6 Å². The smallest absolute Gasteiger partial charge is 0.313 e. The van der Waals surface area contributed by atoms with Crippen LogP contribution in [0.4, 0.5) is 0 Å². The molecule has 0 bridgehead atoms. The quantitative estimate of drug-likeness (QED) is 0.791. The summed E-state index contributed by atoms with van der Waals surface area (Å²) in [5.74, 6) is -0.0474. The van der Waals surface area contributed by atoms with Gasteiger partial charge in [0.1, 0.15) is 5.75 Å². The molecule has 2 aliphatic heterocycles. The summed E-state index contributed by atoms with van der Waals surface area (Å²) >= 11 is 0. The third kappa shape index (κ3) is 2.47. The van der Waals surface area contributed by atoms with Crippen LogP contribution in [0.25, 0.3) is 0 Å². The Hall–Kier alpha value is -2.82. The topological polar surface area (TPSA) is 49.9 Å². The summed E-state index contributed by atoms with van der Waals surface area (Å²) in [6.45, 7) is 0.507. The van der Waals surface area contributed by atoms with Gasteiger partial charge in [0.25, 0.3) is 0 Å². The van der Waals surface area contributed by atoms with Crippen LogP contribution >= 0.6 is 0 Å². The van der Waals surface area contributed by atoms with Gasteiger partial charge < -0.3 is 14.5 Å². The maximum absolute atomic E-state index is 12.8. The molecular formula is C20H20N2O3. The van der Waals surface area contributed by atoms with Crippen molar-refractivity contribution in [1.82, 2.24) is 9.80 Å². The van der Waals surface area contributed by atoms with Gasteiger partial charge in [0.05, 0.1) is 19.2 Å². The molecule has 128 valence electrons. The second-order valence-electron chi connectivity index (χ2n) is 6.61. The molecule has 1 saturated heterocycles. The summed E-state index contributed by atoms with van der Waals surface area (Å²) in [5, 5.41) is 0. The van der Waals surface area contributed by atoms with Gasteiger partial charge in [-0.3, -0.25) is 9.59 Å². The Morgan fingerprint density at radius 1 is 1.00 bits per heavy atom. The Morgan fingerprint density at radius 3 is 2.48 bits per heavy atom. The molecular weight excluding hydrogens is 316 g/mol. The summed E-state index contributed by atoms with van der Waals surface area (Å²) < 4.78 is 5.37. The van der Waals surface area contributed by atoms with Gasteiger partial charge >= 0.3 is 11.8 Å². The largest absolute Gasteiger partial charge is 0.497 e. The number of benzene rings is 2. The number of fused-ring (bicyclic) bond motifs is 3. The van der Waals surface area contributed by atoms with Gasteiger partial charge in [0.2, 0.25) is 0 Å². The molecule has 0 aromatic heterocycles. The summed E-state index contributed by atoms with van der Waals surface area (Å²) in [5.41, 5.74) is 3.32. The molecule has 5 heteroatoms. The summed E-state index contributed by atoms with van der Waals surface area (Å²) in [6, 6.07) is 15.6. The van der Waals surface area contributed by atoms with Crippen LogP contribution in [-0.4, -0.2) is 42.3 Å². The van der Waals surface area contributed by atoms with Crippen molar-refractivity contribution in [2.24, 2.45) is 0 Å². The van der Waals surface area contributed by atoms with Crippen molar-refractivity contribution in [2.75, 3.05) is 20.7 Å². The van der Waals surface area contributed by atoms with Gasteiger partial charge in [0.15, 0.2) is 0 Å². The molecule has 0 saturated carbocycles.